The summed E-state index contributed by atoms with van der Waals surface area (Å²) in [5.41, 5.74) is 1.01. The number of benzene rings is 1. The van der Waals surface area contributed by atoms with E-state index < -0.39 is 0 Å². The molecule has 0 unspecified atom stereocenters. The zero-order valence-corrected chi connectivity index (χ0v) is 14.7. The first-order chi connectivity index (χ1) is 10.6. The maximum atomic E-state index is 11.9. The third-order valence-corrected chi connectivity index (χ3v) is 3.76. The lowest BCUT2D eigenvalue weighted by Gasteiger charge is -2.09. The minimum Gasteiger partial charge on any atom is -0.352 e. The third-order valence-electron chi connectivity index (χ3n) is 3.45. The van der Waals surface area contributed by atoms with Gasteiger partial charge in [0.2, 0.25) is 5.91 Å². The molecular formula is C16H23Cl2N3O2. The van der Waals surface area contributed by atoms with Crippen LogP contribution in [0, 0.1) is 5.92 Å². The molecule has 0 bridgehead atoms. The van der Waals surface area contributed by atoms with Gasteiger partial charge in [0.15, 0.2) is 0 Å². The molecule has 1 fully saturated rings. The summed E-state index contributed by atoms with van der Waals surface area (Å²) in [6, 6.07) is 4.91. The highest BCUT2D eigenvalue weighted by Gasteiger charge is 2.20. The van der Waals surface area contributed by atoms with Gasteiger partial charge in [-0.15, -0.1) is 12.4 Å². The van der Waals surface area contributed by atoms with Crippen LogP contribution >= 0.6 is 24.0 Å². The molecule has 1 aromatic carbocycles. The Bertz CT molecular complexity index is 548. The molecule has 128 valence electrons. The van der Waals surface area contributed by atoms with Gasteiger partial charge in [-0.2, -0.15) is 0 Å². The standard InChI is InChI=1S/C16H22ClN3O2.ClH/c1-2-7-19-16(22)13-6-5-12(8-14(13)17)20-15(21)10-18-9-11-3-4-11;/h5-6,8,11,18H,2-4,7,9-10H2,1H3,(H,19,22)(H,20,21);1H. The Morgan fingerprint density at radius 1 is 1.30 bits per heavy atom. The zero-order valence-electron chi connectivity index (χ0n) is 13.2. The molecule has 1 aliphatic rings. The highest BCUT2D eigenvalue weighted by atomic mass is 35.5. The van der Waals surface area contributed by atoms with Crippen LogP contribution in [0.1, 0.15) is 36.5 Å². The Morgan fingerprint density at radius 3 is 2.65 bits per heavy atom. The second kappa shape index (κ2) is 9.75. The van der Waals surface area contributed by atoms with Crippen molar-refractivity contribution in [2.75, 3.05) is 25.0 Å². The number of carbonyl (C=O) groups excluding carboxylic acids is 2. The molecule has 0 saturated heterocycles. The van der Waals surface area contributed by atoms with Crippen LogP contribution in [0.3, 0.4) is 0 Å². The highest BCUT2D eigenvalue weighted by Crippen LogP contribution is 2.27. The maximum Gasteiger partial charge on any atom is 0.252 e. The average Bonchev–Trinajstić information content (AvgIpc) is 3.29. The predicted molar refractivity (Wildman–Crippen MR) is 95.5 cm³/mol. The van der Waals surface area contributed by atoms with Crippen molar-refractivity contribution >= 4 is 41.5 Å². The fraction of sp³-hybridized carbons (Fsp3) is 0.500. The summed E-state index contributed by atoms with van der Waals surface area (Å²) >= 11 is 6.11. The maximum absolute atomic E-state index is 11.9. The molecule has 2 amide bonds. The quantitative estimate of drug-likeness (QED) is 0.668. The molecule has 0 heterocycles. The first-order valence-corrected chi connectivity index (χ1v) is 8.06. The van der Waals surface area contributed by atoms with Crippen LogP contribution in [0.15, 0.2) is 18.2 Å². The molecule has 5 nitrogen and oxygen atoms in total. The van der Waals surface area contributed by atoms with Gasteiger partial charge in [0, 0.05) is 12.2 Å². The number of hydrogen-bond donors (Lipinski definition) is 3. The van der Waals surface area contributed by atoms with Crippen molar-refractivity contribution in [3.05, 3.63) is 28.8 Å². The lowest BCUT2D eigenvalue weighted by Crippen LogP contribution is -2.29. The Morgan fingerprint density at radius 2 is 2.04 bits per heavy atom. The first-order valence-electron chi connectivity index (χ1n) is 7.68. The number of amides is 2. The molecular weight excluding hydrogens is 337 g/mol. The van der Waals surface area contributed by atoms with Crippen molar-refractivity contribution in [1.29, 1.82) is 0 Å². The van der Waals surface area contributed by atoms with Crippen molar-refractivity contribution in [2.24, 2.45) is 5.92 Å². The van der Waals surface area contributed by atoms with Gasteiger partial charge in [-0.05, 0) is 49.9 Å². The van der Waals surface area contributed by atoms with E-state index in [0.717, 1.165) is 18.9 Å². The zero-order chi connectivity index (χ0) is 15.9. The van der Waals surface area contributed by atoms with E-state index >= 15 is 0 Å². The lowest BCUT2D eigenvalue weighted by atomic mass is 10.2. The van der Waals surface area contributed by atoms with Crippen LogP contribution in [0.2, 0.25) is 5.02 Å². The monoisotopic (exact) mass is 359 g/mol. The van der Waals surface area contributed by atoms with E-state index in [0.29, 0.717) is 22.8 Å². The fourth-order valence-corrected chi connectivity index (χ4v) is 2.29. The number of anilines is 1. The Hall–Kier alpha value is -1.30. The summed E-state index contributed by atoms with van der Waals surface area (Å²) in [6.07, 6.45) is 3.38. The fourth-order valence-electron chi connectivity index (χ4n) is 2.03. The molecule has 1 aliphatic carbocycles. The number of halogens is 2. The number of nitrogens with one attached hydrogen (secondary N) is 3. The van der Waals surface area contributed by atoms with E-state index in [1.165, 1.54) is 12.8 Å². The summed E-state index contributed by atoms with van der Waals surface area (Å²) in [4.78, 5) is 23.7. The minimum absolute atomic E-state index is 0. The normalized spacial score (nSPS) is 13.1. The van der Waals surface area contributed by atoms with Gasteiger partial charge in [-0.3, -0.25) is 9.59 Å². The van der Waals surface area contributed by atoms with Gasteiger partial charge in [0.1, 0.15) is 0 Å². The van der Waals surface area contributed by atoms with Gasteiger partial charge in [-0.25, -0.2) is 0 Å². The molecule has 0 aliphatic heterocycles. The van der Waals surface area contributed by atoms with Gasteiger partial charge in [0.25, 0.3) is 5.91 Å². The Kier molecular flexibility index (Phi) is 8.37. The molecule has 23 heavy (non-hydrogen) atoms. The highest BCUT2D eigenvalue weighted by molar-refractivity contribution is 6.34. The average molecular weight is 360 g/mol. The van der Waals surface area contributed by atoms with E-state index in [2.05, 4.69) is 16.0 Å². The molecule has 0 radical (unpaired) electrons. The molecule has 0 atom stereocenters. The Labute approximate surface area is 148 Å². The summed E-state index contributed by atoms with van der Waals surface area (Å²) < 4.78 is 0. The SMILES string of the molecule is CCCNC(=O)c1ccc(NC(=O)CNCC2CC2)cc1Cl.Cl. The van der Waals surface area contributed by atoms with E-state index in [1.807, 2.05) is 6.92 Å². The summed E-state index contributed by atoms with van der Waals surface area (Å²) in [5.74, 6) is 0.430. The topological polar surface area (TPSA) is 70.2 Å². The van der Waals surface area contributed by atoms with E-state index in [1.54, 1.807) is 18.2 Å². The van der Waals surface area contributed by atoms with Crippen LogP contribution in [-0.4, -0.2) is 31.4 Å². The largest absolute Gasteiger partial charge is 0.352 e. The molecule has 2 rings (SSSR count). The second-order valence-electron chi connectivity index (χ2n) is 5.57. The van der Waals surface area contributed by atoms with Gasteiger partial charge in [-0.1, -0.05) is 18.5 Å². The number of rotatable bonds is 8. The van der Waals surface area contributed by atoms with Crippen LogP contribution in [0.25, 0.3) is 0 Å². The second-order valence-corrected chi connectivity index (χ2v) is 5.98. The van der Waals surface area contributed by atoms with Crippen molar-refractivity contribution in [3.63, 3.8) is 0 Å². The van der Waals surface area contributed by atoms with Crippen LogP contribution in [0.5, 0.6) is 0 Å². The van der Waals surface area contributed by atoms with Crippen molar-refractivity contribution < 1.29 is 9.59 Å². The summed E-state index contributed by atoms with van der Waals surface area (Å²) in [6.45, 7) is 3.77. The molecule has 3 N–H and O–H groups in total. The van der Waals surface area contributed by atoms with Gasteiger partial charge >= 0.3 is 0 Å². The smallest absolute Gasteiger partial charge is 0.252 e. The van der Waals surface area contributed by atoms with Crippen LogP contribution < -0.4 is 16.0 Å². The molecule has 1 saturated carbocycles. The van der Waals surface area contributed by atoms with Gasteiger partial charge in [0.05, 0.1) is 17.1 Å². The van der Waals surface area contributed by atoms with E-state index in [9.17, 15) is 9.59 Å². The Balaban J connectivity index is 0.00000264. The number of carbonyl (C=O) groups is 2. The molecule has 0 spiro atoms. The van der Waals surface area contributed by atoms with E-state index in [4.69, 9.17) is 11.6 Å². The molecule has 0 aromatic heterocycles. The van der Waals surface area contributed by atoms with Crippen LogP contribution in [0.4, 0.5) is 5.69 Å². The number of hydrogen-bond acceptors (Lipinski definition) is 3. The van der Waals surface area contributed by atoms with Crippen molar-refractivity contribution in [1.82, 2.24) is 10.6 Å². The third kappa shape index (κ3) is 6.77. The van der Waals surface area contributed by atoms with Gasteiger partial charge < -0.3 is 16.0 Å². The lowest BCUT2D eigenvalue weighted by molar-refractivity contribution is -0.115. The van der Waals surface area contributed by atoms with Crippen molar-refractivity contribution in [3.8, 4) is 0 Å². The molecule has 1 aromatic rings. The summed E-state index contributed by atoms with van der Waals surface area (Å²) in [7, 11) is 0. The summed E-state index contributed by atoms with van der Waals surface area (Å²) in [5, 5.41) is 9.00. The van der Waals surface area contributed by atoms with Crippen LogP contribution in [-0.2, 0) is 4.79 Å². The predicted octanol–water partition coefficient (Wildman–Crippen LogP) is 2.84. The first kappa shape index (κ1) is 19.7. The molecule has 7 heteroatoms. The minimum atomic E-state index is -0.198. The van der Waals surface area contributed by atoms with Crippen molar-refractivity contribution in [2.45, 2.75) is 26.2 Å². The van der Waals surface area contributed by atoms with E-state index in [-0.39, 0.29) is 30.8 Å².